The van der Waals surface area contributed by atoms with Gasteiger partial charge in [0, 0.05) is 32.2 Å². The van der Waals surface area contributed by atoms with E-state index in [1.807, 2.05) is 12.1 Å². The molecule has 0 unspecified atom stereocenters. The first-order valence-corrected chi connectivity index (χ1v) is 32.8. The third-order valence-corrected chi connectivity index (χ3v) is 15.1. The van der Waals surface area contributed by atoms with E-state index in [-0.39, 0.29) is 69.9 Å². The number of amides is 2. The molecule has 0 spiro atoms. The van der Waals surface area contributed by atoms with E-state index in [0.29, 0.717) is 105 Å². The van der Waals surface area contributed by atoms with Gasteiger partial charge in [0.1, 0.15) is 0 Å². The first-order valence-electron chi connectivity index (χ1n) is 32.8. The molecule has 0 saturated heterocycles. The van der Waals surface area contributed by atoms with Gasteiger partial charge in [0.2, 0.25) is 11.8 Å². The molecule has 4 bridgehead atoms. The predicted octanol–water partition coefficient (Wildman–Crippen LogP) is 16.0. The number of hydrogen-bond acceptors (Lipinski definition) is 11. The second-order valence-electron chi connectivity index (χ2n) is 29.9. The van der Waals surface area contributed by atoms with Crippen molar-refractivity contribution < 1.29 is 52.6 Å². The molecule has 0 saturated carbocycles. The molecule has 5 aromatic carbocycles. The van der Waals surface area contributed by atoms with Gasteiger partial charge in [-0.15, -0.1) is 0 Å². The van der Waals surface area contributed by atoms with E-state index in [4.69, 9.17) is 38.3 Å². The Morgan fingerprint density at radius 3 is 1.02 bits per heavy atom. The molecule has 4 aliphatic heterocycles. The Bertz CT molecular complexity index is 2710. The zero-order valence-corrected chi connectivity index (χ0v) is 59.8. The van der Waals surface area contributed by atoms with Crippen LogP contribution in [0.15, 0.2) is 103 Å². The molecule has 0 radical (unpaired) electrons. The van der Waals surface area contributed by atoms with Crippen LogP contribution < -0.4 is 10.6 Å². The summed E-state index contributed by atoms with van der Waals surface area (Å²) in [5.74, 6) is -0.332. The van der Waals surface area contributed by atoms with Gasteiger partial charge in [0.15, 0.2) is 0 Å². The van der Waals surface area contributed by atoms with Crippen molar-refractivity contribution in [2.75, 3.05) is 78.4 Å². The number of aliphatic hydroxyl groups excluding tert-OH is 1. The average molecular weight is 1260 g/mol. The Morgan fingerprint density at radius 2 is 0.714 bits per heavy atom. The number of esters is 1. The summed E-state index contributed by atoms with van der Waals surface area (Å²) in [5.41, 5.74) is 16.1. The smallest absolute Gasteiger partial charge is 0.310 e. The Morgan fingerprint density at radius 1 is 0.418 bits per heavy atom. The number of ether oxygens (including phenoxy) is 7. The third-order valence-electron chi connectivity index (χ3n) is 15.1. The molecular weight excluding hydrogens is 1140 g/mol. The highest BCUT2D eigenvalue weighted by molar-refractivity contribution is 5.91. The van der Waals surface area contributed by atoms with Crippen LogP contribution in [0, 0.1) is 6.92 Å². The summed E-state index contributed by atoms with van der Waals surface area (Å²) in [6, 6.07) is 36.2. The quantitative estimate of drug-likeness (QED) is 0.0902. The van der Waals surface area contributed by atoms with Gasteiger partial charge in [0.05, 0.1) is 92.3 Å². The van der Waals surface area contributed by atoms with E-state index in [0.717, 1.165) is 33.5 Å². The van der Waals surface area contributed by atoms with Gasteiger partial charge in [-0.2, -0.15) is 0 Å². The fraction of sp³-hybridized carbons (Fsp3) is 0.577. The Labute approximate surface area is 549 Å². The molecule has 0 atom stereocenters. The van der Waals surface area contributed by atoms with E-state index in [2.05, 4.69) is 233 Å². The summed E-state index contributed by atoms with van der Waals surface area (Å²) in [4.78, 5) is 35.2. The van der Waals surface area contributed by atoms with Crippen molar-refractivity contribution in [3.8, 4) is 0 Å². The van der Waals surface area contributed by atoms with E-state index in [1.165, 1.54) is 38.9 Å². The van der Waals surface area contributed by atoms with Gasteiger partial charge in [0.25, 0.3) is 0 Å². The highest BCUT2D eigenvalue weighted by Gasteiger charge is 2.24. The predicted molar refractivity (Wildman–Crippen MR) is 372 cm³/mol. The van der Waals surface area contributed by atoms with Crippen LogP contribution in [0.4, 0.5) is 5.69 Å². The van der Waals surface area contributed by atoms with Crippen LogP contribution in [0.25, 0.3) is 0 Å². The summed E-state index contributed by atoms with van der Waals surface area (Å²) in [6.45, 7) is 49.0. The summed E-state index contributed by atoms with van der Waals surface area (Å²) in [6.07, 6.45) is 2.02. The Hall–Kier alpha value is -5.77. The van der Waals surface area contributed by atoms with E-state index in [1.54, 1.807) is 7.05 Å². The molecule has 4 heterocycles. The number of aryl methyl sites for hydroxylation is 1. The SMILES string of the molecule is CC(C)(C)c1cc(NC(=O)CCCO)cc(C(C)(C)C)c1.CNC(=O)CCCOC(=O)Cc1cc(C(C)(C)C)cc(C(C)(C)C)c1.Cc1cc(C(C)(C)C)cc(C(C)(C)C)c1.c1cc2ccc1COCCOCCOCc1ccc(cc1)COCCOCCOC2. The van der Waals surface area contributed by atoms with Crippen molar-refractivity contribution in [3.63, 3.8) is 0 Å². The normalized spacial score (nSPS) is 14.5. The minimum absolute atomic E-state index is 0.0213. The largest absolute Gasteiger partial charge is 0.465 e. The van der Waals surface area contributed by atoms with Gasteiger partial charge >= 0.3 is 5.97 Å². The maximum Gasteiger partial charge on any atom is 0.310 e. The lowest BCUT2D eigenvalue weighted by Crippen LogP contribution is -2.19. The van der Waals surface area contributed by atoms with Gasteiger partial charge in [-0.25, -0.2) is 0 Å². The first kappa shape index (κ1) is 79.5. The molecule has 91 heavy (non-hydrogen) atoms. The number of benzene rings is 5. The van der Waals surface area contributed by atoms with Crippen LogP contribution in [0.3, 0.4) is 0 Å². The van der Waals surface area contributed by atoms with Crippen molar-refractivity contribution >= 4 is 23.5 Å². The van der Waals surface area contributed by atoms with Crippen molar-refractivity contribution in [2.24, 2.45) is 0 Å². The first-order chi connectivity index (χ1) is 42.5. The van der Waals surface area contributed by atoms with Gasteiger partial charge in [-0.1, -0.05) is 221 Å². The Kier molecular flexibility index (Phi) is 33.6. The van der Waals surface area contributed by atoms with Crippen LogP contribution >= 0.6 is 0 Å². The van der Waals surface area contributed by atoms with Crippen LogP contribution in [0.5, 0.6) is 0 Å². The van der Waals surface area contributed by atoms with Crippen molar-refractivity contribution in [2.45, 2.75) is 223 Å². The monoisotopic (exact) mass is 1260 g/mol. The van der Waals surface area contributed by atoms with Crippen molar-refractivity contribution in [1.82, 2.24) is 5.32 Å². The molecule has 506 valence electrons. The summed E-state index contributed by atoms with van der Waals surface area (Å²) in [5, 5.41) is 14.3. The number of carbonyl (C=O) groups excluding carboxylic acids is 3. The minimum Gasteiger partial charge on any atom is -0.465 e. The third kappa shape index (κ3) is 33.1. The molecule has 3 N–H and O–H groups in total. The van der Waals surface area contributed by atoms with Gasteiger partial charge in [-0.3, -0.25) is 14.4 Å². The molecule has 2 amide bonds. The number of anilines is 1. The van der Waals surface area contributed by atoms with E-state index < -0.39 is 0 Å². The molecule has 0 fully saturated rings. The van der Waals surface area contributed by atoms with Crippen molar-refractivity contribution in [1.29, 1.82) is 0 Å². The standard InChI is InChI=1S/C24H32O6.C21H33NO3.C18H29NO2.C15H24/c1-2-22-4-3-21(1)17-27-13-9-25-11-15-29-19-23-5-7-24(8-6-23)20-30-16-12-26-10-14-28-18-22;1-20(2,3)16-11-15(12-17(14-16)21(4,5)6)13-19(24)25-10-8-9-18(23)22-7;1-17(2,3)13-10-14(18(4,5)6)12-15(11-13)19-16(21)8-7-9-20;1-11-8-12(14(2,3)4)10-13(9-11)15(5,6)7/h1-8H,9-20H2;11-12,14H,8-10,13H2,1-7H3,(H,22,23);10-12,20H,7-9H2,1-6H3,(H,19,21);8-10H,1-7H3. The maximum atomic E-state index is 12.1. The van der Waals surface area contributed by atoms with Crippen LogP contribution in [0.1, 0.15) is 217 Å². The summed E-state index contributed by atoms with van der Waals surface area (Å²) >= 11 is 0. The highest BCUT2D eigenvalue weighted by Crippen LogP contribution is 2.34. The van der Waals surface area contributed by atoms with E-state index in [9.17, 15) is 14.4 Å². The van der Waals surface area contributed by atoms with Crippen LogP contribution in [-0.2, 0) is 113 Å². The fourth-order valence-electron chi connectivity index (χ4n) is 9.00. The van der Waals surface area contributed by atoms with Crippen LogP contribution in [-0.4, -0.2) is 96.0 Å². The summed E-state index contributed by atoms with van der Waals surface area (Å²) in [7, 11) is 1.60. The second-order valence-corrected chi connectivity index (χ2v) is 29.9. The zero-order valence-electron chi connectivity index (χ0n) is 59.8. The molecular formula is C78H118N2O11. The van der Waals surface area contributed by atoms with Crippen molar-refractivity contribution in [3.05, 3.63) is 170 Å². The Balaban J connectivity index is 0.000000326. The van der Waals surface area contributed by atoms with Gasteiger partial charge in [-0.05, 0) is 126 Å². The lowest BCUT2D eigenvalue weighted by molar-refractivity contribution is -0.143. The number of hydrogen-bond donors (Lipinski definition) is 3. The van der Waals surface area contributed by atoms with E-state index >= 15 is 0 Å². The minimum atomic E-state index is -0.247. The average Bonchev–Trinajstić information content (AvgIpc) is 1.14. The number of aliphatic hydroxyl groups is 1. The maximum absolute atomic E-state index is 12.1. The molecule has 0 aliphatic carbocycles. The lowest BCUT2D eigenvalue weighted by atomic mass is 9.79. The summed E-state index contributed by atoms with van der Waals surface area (Å²) < 4.78 is 39.0. The molecule has 13 heteroatoms. The lowest BCUT2D eigenvalue weighted by Gasteiger charge is -2.26. The molecule has 13 nitrogen and oxygen atoms in total. The second kappa shape index (κ2) is 38.4. The van der Waals surface area contributed by atoms with Gasteiger partial charge < -0.3 is 48.9 Å². The molecule has 9 rings (SSSR count). The molecule has 5 aromatic rings. The number of carbonyl (C=O) groups is 3. The molecule has 4 aliphatic rings. The number of nitrogens with one attached hydrogen (secondary N) is 2. The zero-order chi connectivity index (χ0) is 68.1. The fourth-order valence-corrected chi connectivity index (χ4v) is 9.00. The molecule has 0 aromatic heterocycles. The topological polar surface area (TPSA) is 160 Å². The number of rotatable bonds is 10. The highest BCUT2D eigenvalue weighted by atomic mass is 16.6. The van der Waals surface area contributed by atoms with Crippen LogP contribution in [0.2, 0.25) is 0 Å².